The lowest BCUT2D eigenvalue weighted by atomic mass is 10.3. The Bertz CT molecular complexity index is 750. The highest BCUT2D eigenvalue weighted by Crippen LogP contribution is 2.29. The van der Waals surface area contributed by atoms with Crippen molar-refractivity contribution >= 4 is 34.6 Å². The van der Waals surface area contributed by atoms with Gasteiger partial charge in [-0.1, -0.05) is 17.7 Å². The number of imidazole rings is 1. The summed E-state index contributed by atoms with van der Waals surface area (Å²) in [4.78, 5) is 8.53. The summed E-state index contributed by atoms with van der Waals surface area (Å²) in [5.74, 6) is 0.609. The van der Waals surface area contributed by atoms with Crippen LogP contribution in [0.1, 0.15) is 0 Å². The molecular weight excluding hydrogens is 281 g/mol. The van der Waals surface area contributed by atoms with E-state index in [1.807, 2.05) is 0 Å². The van der Waals surface area contributed by atoms with Crippen LogP contribution in [0.15, 0.2) is 36.8 Å². The molecule has 3 aromatic rings. The monoisotopic (exact) mass is 291 g/mol. The van der Waals surface area contributed by atoms with Gasteiger partial charge in [0.15, 0.2) is 11.5 Å². The Morgan fingerprint density at radius 1 is 1.35 bits per heavy atom. The van der Waals surface area contributed by atoms with Gasteiger partial charge >= 0.3 is 0 Å². The molecule has 0 radical (unpaired) electrons. The van der Waals surface area contributed by atoms with E-state index >= 15 is 0 Å². The second kappa shape index (κ2) is 4.97. The molecule has 0 aliphatic carbocycles. The summed E-state index contributed by atoms with van der Waals surface area (Å²) in [5.41, 5.74) is 0.767. The van der Waals surface area contributed by atoms with Crippen LogP contribution in [0.3, 0.4) is 0 Å². The van der Waals surface area contributed by atoms with Gasteiger partial charge in [0.25, 0.3) is 0 Å². The Hall–Kier alpha value is -2.34. The number of nitrogens with zero attached hydrogens (tertiary/aromatic N) is 3. The van der Waals surface area contributed by atoms with E-state index in [9.17, 15) is 4.39 Å². The maximum Gasteiger partial charge on any atom is 0.180 e. The molecule has 0 atom stereocenters. The summed E-state index contributed by atoms with van der Waals surface area (Å²) in [6.07, 6.45) is 5.22. The zero-order valence-electron chi connectivity index (χ0n) is 10.6. The van der Waals surface area contributed by atoms with E-state index in [1.54, 1.807) is 42.2 Å². The number of fused-ring (bicyclic) bond motifs is 1. The lowest BCUT2D eigenvalue weighted by Crippen LogP contribution is -2.03. The first-order valence-electron chi connectivity index (χ1n) is 5.91. The second-order valence-corrected chi connectivity index (χ2v) is 4.51. The van der Waals surface area contributed by atoms with Crippen LogP contribution >= 0.6 is 11.6 Å². The number of anilines is 3. The molecule has 5 nitrogen and oxygen atoms in total. The predicted molar refractivity (Wildman–Crippen MR) is 77.2 cm³/mol. The largest absolute Gasteiger partial charge is 0.372 e. The van der Waals surface area contributed by atoms with Crippen LogP contribution in [0, 0.1) is 5.82 Å². The van der Waals surface area contributed by atoms with Crippen LogP contribution in [0.5, 0.6) is 0 Å². The van der Waals surface area contributed by atoms with E-state index in [0.29, 0.717) is 17.3 Å². The summed E-state index contributed by atoms with van der Waals surface area (Å²) < 4.78 is 15.6. The third-order valence-corrected chi connectivity index (χ3v) is 3.15. The molecule has 0 saturated carbocycles. The molecule has 3 rings (SSSR count). The fourth-order valence-corrected chi connectivity index (χ4v) is 2.08. The van der Waals surface area contributed by atoms with Crippen LogP contribution in [0.25, 0.3) is 5.65 Å². The first kappa shape index (κ1) is 12.7. The molecule has 1 aromatic carbocycles. The number of benzene rings is 1. The highest BCUT2D eigenvalue weighted by atomic mass is 35.5. The minimum absolute atomic E-state index is 0.180. The van der Waals surface area contributed by atoms with Crippen LogP contribution < -0.4 is 10.6 Å². The minimum atomic E-state index is -0.445. The first-order valence-corrected chi connectivity index (χ1v) is 6.29. The van der Waals surface area contributed by atoms with Gasteiger partial charge in [-0.3, -0.25) is 0 Å². The molecule has 0 bridgehead atoms. The van der Waals surface area contributed by atoms with Gasteiger partial charge in [0.2, 0.25) is 0 Å². The topological polar surface area (TPSA) is 54.2 Å². The maximum atomic E-state index is 13.8. The Morgan fingerprint density at radius 2 is 2.20 bits per heavy atom. The second-order valence-electron chi connectivity index (χ2n) is 4.10. The van der Waals surface area contributed by atoms with E-state index in [2.05, 4.69) is 20.6 Å². The smallest absolute Gasteiger partial charge is 0.180 e. The van der Waals surface area contributed by atoms with Crippen molar-refractivity contribution in [3.63, 3.8) is 0 Å². The fourth-order valence-electron chi connectivity index (χ4n) is 1.87. The van der Waals surface area contributed by atoms with Crippen molar-refractivity contribution in [3.8, 4) is 0 Å². The molecule has 0 saturated heterocycles. The van der Waals surface area contributed by atoms with Crippen molar-refractivity contribution in [2.45, 2.75) is 0 Å². The van der Waals surface area contributed by atoms with E-state index in [4.69, 9.17) is 11.6 Å². The number of nitrogens with one attached hydrogen (secondary N) is 2. The molecule has 0 aliphatic heterocycles. The number of hydrogen-bond donors (Lipinski definition) is 2. The average molecular weight is 292 g/mol. The van der Waals surface area contributed by atoms with Gasteiger partial charge < -0.3 is 15.0 Å². The molecular formula is C13H11ClFN5. The number of halogens is 2. The first-order chi connectivity index (χ1) is 9.69. The molecule has 0 unspecified atom stereocenters. The highest BCUT2D eigenvalue weighted by Gasteiger charge is 2.12. The number of rotatable bonds is 3. The lowest BCUT2D eigenvalue weighted by Gasteiger charge is -2.11. The van der Waals surface area contributed by atoms with Crippen LogP contribution in [-0.4, -0.2) is 21.4 Å². The SMILES string of the molecule is CNc1cn2ccnc2c(Nc2c(F)cccc2Cl)n1. The minimum Gasteiger partial charge on any atom is -0.372 e. The molecule has 7 heteroatoms. The Morgan fingerprint density at radius 3 is 2.95 bits per heavy atom. The Labute approximate surface area is 119 Å². The predicted octanol–water partition coefficient (Wildman–Crippen LogP) is 3.31. The van der Waals surface area contributed by atoms with Crippen LogP contribution in [0.2, 0.25) is 5.02 Å². The summed E-state index contributed by atoms with van der Waals surface area (Å²) in [7, 11) is 1.75. The summed E-state index contributed by atoms with van der Waals surface area (Å²) in [6, 6.07) is 4.49. The summed E-state index contributed by atoms with van der Waals surface area (Å²) in [5, 5.41) is 6.12. The van der Waals surface area contributed by atoms with E-state index in [-0.39, 0.29) is 10.7 Å². The van der Waals surface area contributed by atoms with Crippen molar-refractivity contribution in [3.05, 3.63) is 47.6 Å². The molecule has 2 N–H and O–H groups in total. The molecule has 2 aromatic heterocycles. The van der Waals surface area contributed by atoms with Gasteiger partial charge in [-0.2, -0.15) is 0 Å². The molecule has 2 heterocycles. The number of para-hydroxylation sites is 1. The van der Waals surface area contributed by atoms with Crippen LogP contribution in [-0.2, 0) is 0 Å². The zero-order valence-corrected chi connectivity index (χ0v) is 11.3. The number of aromatic nitrogens is 3. The van der Waals surface area contributed by atoms with Gasteiger partial charge in [0.1, 0.15) is 11.6 Å². The number of hydrogen-bond acceptors (Lipinski definition) is 4. The third-order valence-electron chi connectivity index (χ3n) is 2.84. The van der Waals surface area contributed by atoms with Crippen molar-refractivity contribution in [2.75, 3.05) is 17.7 Å². The third kappa shape index (κ3) is 2.14. The van der Waals surface area contributed by atoms with Crippen molar-refractivity contribution < 1.29 is 4.39 Å². The summed E-state index contributed by atoms with van der Waals surface area (Å²) >= 11 is 6.01. The fraction of sp³-hybridized carbons (Fsp3) is 0.0769. The molecule has 102 valence electrons. The molecule has 20 heavy (non-hydrogen) atoms. The van der Waals surface area contributed by atoms with Gasteiger partial charge in [0, 0.05) is 19.4 Å². The van der Waals surface area contributed by atoms with E-state index < -0.39 is 5.82 Å². The van der Waals surface area contributed by atoms with E-state index in [0.717, 1.165) is 0 Å². The molecule has 0 spiro atoms. The normalized spacial score (nSPS) is 10.8. The van der Waals surface area contributed by atoms with Crippen molar-refractivity contribution in [1.29, 1.82) is 0 Å². The lowest BCUT2D eigenvalue weighted by molar-refractivity contribution is 0.632. The molecule has 0 fully saturated rings. The van der Waals surface area contributed by atoms with Crippen molar-refractivity contribution in [2.24, 2.45) is 0 Å². The average Bonchev–Trinajstić information content (AvgIpc) is 2.91. The standard InChI is InChI=1S/C13H11ClFN5/c1-16-10-7-20-6-5-17-13(20)12(18-10)19-11-8(14)3-2-4-9(11)15/h2-7,16H,1H3,(H,18,19). The van der Waals surface area contributed by atoms with Gasteiger partial charge in [0.05, 0.1) is 16.9 Å². The van der Waals surface area contributed by atoms with Crippen LogP contribution in [0.4, 0.5) is 21.7 Å². The molecule has 0 aliphatic rings. The van der Waals surface area contributed by atoms with Gasteiger partial charge in [-0.05, 0) is 12.1 Å². The van der Waals surface area contributed by atoms with E-state index in [1.165, 1.54) is 6.07 Å². The summed E-state index contributed by atoms with van der Waals surface area (Å²) in [6.45, 7) is 0. The quantitative estimate of drug-likeness (QED) is 0.777. The Balaban J connectivity index is 2.12. The maximum absolute atomic E-state index is 13.8. The zero-order chi connectivity index (χ0) is 14.1. The molecule has 0 amide bonds. The van der Waals surface area contributed by atoms with Gasteiger partial charge in [-0.15, -0.1) is 0 Å². The van der Waals surface area contributed by atoms with Crippen molar-refractivity contribution in [1.82, 2.24) is 14.4 Å². The van der Waals surface area contributed by atoms with Gasteiger partial charge in [-0.25, -0.2) is 14.4 Å². The Kier molecular flexibility index (Phi) is 3.15. The highest BCUT2D eigenvalue weighted by molar-refractivity contribution is 6.33.